The van der Waals surface area contributed by atoms with Crippen LogP contribution in [0.15, 0.2) is 72.8 Å². The Bertz CT molecular complexity index is 1720. The van der Waals surface area contributed by atoms with Crippen molar-refractivity contribution in [2.24, 2.45) is 5.92 Å². The Morgan fingerprint density at radius 1 is 0.809 bits per heavy atom. The van der Waals surface area contributed by atoms with Crippen LogP contribution >= 0.6 is 0 Å². The van der Waals surface area contributed by atoms with E-state index in [1.807, 2.05) is 95.3 Å². The second-order valence-electron chi connectivity index (χ2n) is 13.0. The van der Waals surface area contributed by atoms with E-state index in [0.717, 1.165) is 39.1 Å². The number of esters is 2. The van der Waals surface area contributed by atoms with E-state index >= 15 is 0 Å². The summed E-state index contributed by atoms with van der Waals surface area (Å²) in [7, 11) is 1.35. The molecule has 1 heterocycles. The standard InChI is InChI=1S/C39H44N2O6/c1-24(2)21-33-32(22-40-38(44)47-39(5,6)7)35(30-13-9-25(3)10-14-30)34(26(4)41-33)37(43)46-23-27-11-15-28(16-12-27)29-17-19-31(20-18-29)36(42)45-8/h9-20,24H,21-23H2,1-8H3,(H,40,44). The summed E-state index contributed by atoms with van der Waals surface area (Å²) in [6.45, 7) is 13.7. The van der Waals surface area contributed by atoms with Crippen molar-refractivity contribution < 1.29 is 28.6 Å². The predicted octanol–water partition coefficient (Wildman–Crippen LogP) is 8.40. The van der Waals surface area contributed by atoms with Crippen LogP contribution in [0.25, 0.3) is 22.3 Å². The minimum atomic E-state index is -0.654. The molecule has 0 saturated carbocycles. The quantitative estimate of drug-likeness (QED) is 0.138. The molecule has 1 aromatic heterocycles. The molecule has 0 radical (unpaired) electrons. The number of aromatic nitrogens is 1. The third kappa shape index (κ3) is 9.28. The van der Waals surface area contributed by atoms with Gasteiger partial charge in [0, 0.05) is 23.4 Å². The number of pyridine rings is 1. The highest BCUT2D eigenvalue weighted by atomic mass is 16.6. The molecule has 0 bridgehead atoms. The van der Waals surface area contributed by atoms with Crippen molar-refractivity contribution in [3.63, 3.8) is 0 Å². The number of hydrogen-bond donors (Lipinski definition) is 1. The SMILES string of the molecule is COC(=O)c1ccc(-c2ccc(COC(=O)c3c(C)nc(CC(C)C)c(CNC(=O)OC(C)(C)C)c3-c3ccc(C)cc3)cc2)cc1. The highest BCUT2D eigenvalue weighted by Gasteiger charge is 2.26. The lowest BCUT2D eigenvalue weighted by atomic mass is 9.89. The van der Waals surface area contributed by atoms with Gasteiger partial charge in [-0.15, -0.1) is 0 Å². The zero-order valence-electron chi connectivity index (χ0n) is 28.5. The summed E-state index contributed by atoms with van der Waals surface area (Å²) < 4.78 is 16.2. The average molecular weight is 637 g/mol. The van der Waals surface area contributed by atoms with Crippen molar-refractivity contribution >= 4 is 18.0 Å². The minimum Gasteiger partial charge on any atom is -0.465 e. The third-order valence-electron chi connectivity index (χ3n) is 7.48. The van der Waals surface area contributed by atoms with Crippen LogP contribution in [0, 0.1) is 19.8 Å². The first kappa shape index (κ1) is 34.9. The number of alkyl carbamates (subject to hydrolysis) is 1. The van der Waals surface area contributed by atoms with Crippen LogP contribution in [-0.2, 0) is 33.8 Å². The van der Waals surface area contributed by atoms with Crippen LogP contribution in [0.4, 0.5) is 4.79 Å². The molecule has 47 heavy (non-hydrogen) atoms. The molecule has 0 fully saturated rings. The number of hydrogen-bond acceptors (Lipinski definition) is 7. The Kier molecular flexibility index (Phi) is 11.2. The molecule has 1 amide bonds. The van der Waals surface area contributed by atoms with Crippen LogP contribution in [0.5, 0.6) is 0 Å². The largest absolute Gasteiger partial charge is 0.465 e. The third-order valence-corrected chi connectivity index (χ3v) is 7.48. The van der Waals surface area contributed by atoms with E-state index in [2.05, 4.69) is 19.2 Å². The molecule has 0 aliphatic rings. The van der Waals surface area contributed by atoms with Gasteiger partial charge in [-0.3, -0.25) is 4.98 Å². The molecule has 4 aromatic rings. The van der Waals surface area contributed by atoms with Crippen molar-refractivity contribution in [1.29, 1.82) is 0 Å². The van der Waals surface area contributed by atoms with Crippen LogP contribution < -0.4 is 5.32 Å². The Balaban J connectivity index is 1.65. The van der Waals surface area contributed by atoms with E-state index in [1.165, 1.54) is 7.11 Å². The normalized spacial score (nSPS) is 11.3. The number of nitrogens with zero attached hydrogens (tertiary/aromatic N) is 1. The lowest BCUT2D eigenvalue weighted by Crippen LogP contribution is -2.32. The molecule has 0 spiro atoms. The average Bonchev–Trinajstić information content (AvgIpc) is 3.02. The second-order valence-corrected chi connectivity index (χ2v) is 13.0. The summed E-state index contributed by atoms with van der Waals surface area (Å²) in [4.78, 5) is 43.3. The minimum absolute atomic E-state index is 0.0619. The predicted molar refractivity (Wildman–Crippen MR) is 183 cm³/mol. The number of benzene rings is 3. The van der Waals surface area contributed by atoms with E-state index in [-0.39, 0.29) is 19.1 Å². The molecule has 4 rings (SSSR count). The fourth-order valence-corrected chi connectivity index (χ4v) is 5.24. The number of amides is 1. The van der Waals surface area contributed by atoms with Crippen molar-refractivity contribution in [1.82, 2.24) is 10.3 Å². The van der Waals surface area contributed by atoms with Gasteiger partial charge >= 0.3 is 18.0 Å². The number of carbonyl (C=O) groups is 3. The van der Waals surface area contributed by atoms with Crippen LogP contribution in [0.3, 0.4) is 0 Å². The lowest BCUT2D eigenvalue weighted by Gasteiger charge is -2.23. The summed E-state index contributed by atoms with van der Waals surface area (Å²) in [5, 5.41) is 2.89. The number of ether oxygens (including phenoxy) is 3. The molecule has 1 N–H and O–H groups in total. The molecule has 8 nitrogen and oxygen atoms in total. The zero-order chi connectivity index (χ0) is 34.3. The summed E-state index contributed by atoms with van der Waals surface area (Å²) in [6, 6.07) is 22.8. The van der Waals surface area contributed by atoms with Gasteiger partial charge in [0.25, 0.3) is 0 Å². The number of aryl methyl sites for hydroxylation is 2. The Morgan fingerprint density at radius 2 is 1.38 bits per heavy atom. The number of rotatable bonds is 10. The molecule has 3 aromatic carbocycles. The molecule has 8 heteroatoms. The van der Waals surface area contributed by atoms with Crippen LogP contribution in [0.2, 0.25) is 0 Å². The van der Waals surface area contributed by atoms with Gasteiger partial charge < -0.3 is 19.5 Å². The van der Waals surface area contributed by atoms with Gasteiger partial charge in [0.05, 0.1) is 23.9 Å². The van der Waals surface area contributed by atoms with E-state index in [0.29, 0.717) is 34.7 Å². The first-order valence-corrected chi connectivity index (χ1v) is 15.8. The van der Waals surface area contributed by atoms with Crippen molar-refractivity contribution in [2.75, 3.05) is 7.11 Å². The van der Waals surface area contributed by atoms with Gasteiger partial charge in [0.1, 0.15) is 12.2 Å². The summed E-state index contributed by atoms with van der Waals surface area (Å²) in [5.74, 6) is -0.590. The molecule has 0 atom stereocenters. The molecular formula is C39H44N2O6. The van der Waals surface area contributed by atoms with E-state index < -0.39 is 17.7 Å². The van der Waals surface area contributed by atoms with E-state index in [9.17, 15) is 14.4 Å². The maximum atomic E-state index is 13.9. The Hall–Kier alpha value is -4.98. The molecular weight excluding hydrogens is 592 g/mol. The van der Waals surface area contributed by atoms with Gasteiger partial charge in [-0.2, -0.15) is 0 Å². The highest BCUT2D eigenvalue weighted by molar-refractivity contribution is 5.99. The van der Waals surface area contributed by atoms with Gasteiger partial charge in [-0.25, -0.2) is 14.4 Å². The molecule has 246 valence electrons. The molecule has 0 saturated heterocycles. The first-order valence-electron chi connectivity index (χ1n) is 15.8. The van der Waals surface area contributed by atoms with Crippen molar-refractivity contribution in [2.45, 2.75) is 73.6 Å². The zero-order valence-corrected chi connectivity index (χ0v) is 28.5. The first-order chi connectivity index (χ1) is 22.3. The smallest absolute Gasteiger partial charge is 0.407 e. The van der Waals surface area contributed by atoms with E-state index in [1.54, 1.807) is 12.1 Å². The number of carbonyl (C=O) groups excluding carboxylic acids is 3. The summed E-state index contributed by atoms with van der Waals surface area (Å²) in [5.41, 5.74) is 7.67. The fraction of sp³-hybridized carbons (Fsp3) is 0.333. The topological polar surface area (TPSA) is 104 Å². The van der Waals surface area contributed by atoms with E-state index in [4.69, 9.17) is 19.2 Å². The van der Waals surface area contributed by atoms with Crippen LogP contribution in [0.1, 0.15) is 83.4 Å². The van der Waals surface area contributed by atoms with Crippen molar-refractivity contribution in [3.05, 3.63) is 112 Å². The Labute approximate surface area is 277 Å². The van der Waals surface area contributed by atoms with Gasteiger partial charge in [0.15, 0.2) is 0 Å². The number of nitrogens with one attached hydrogen (secondary N) is 1. The maximum absolute atomic E-state index is 13.9. The summed E-state index contributed by atoms with van der Waals surface area (Å²) in [6.07, 6.45) is 0.119. The lowest BCUT2D eigenvalue weighted by molar-refractivity contribution is 0.0470. The monoisotopic (exact) mass is 636 g/mol. The molecule has 0 aliphatic carbocycles. The van der Waals surface area contributed by atoms with Gasteiger partial charge in [-0.1, -0.05) is 80.1 Å². The van der Waals surface area contributed by atoms with Crippen LogP contribution in [-0.4, -0.2) is 35.7 Å². The molecule has 0 aliphatic heterocycles. The molecule has 0 unspecified atom stereocenters. The fourth-order valence-electron chi connectivity index (χ4n) is 5.24. The van der Waals surface area contributed by atoms with Gasteiger partial charge in [0.2, 0.25) is 0 Å². The summed E-state index contributed by atoms with van der Waals surface area (Å²) >= 11 is 0. The van der Waals surface area contributed by atoms with Gasteiger partial charge in [-0.05, 0) is 81.3 Å². The maximum Gasteiger partial charge on any atom is 0.407 e. The highest BCUT2D eigenvalue weighted by Crippen LogP contribution is 2.34. The van der Waals surface area contributed by atoms with Crippen molar-refractivity contribution in [3.8, 4) is 22.3 Å². The second kappa shape index (κ2) is 15.1. The Morgan fingerprint density at radius 3 is 1.94 bits per heavy atom. The number of methoxy groups -OCH3 is 1.